The van der Waals surface area contributed by atoms with E-state index < -0.39 is 34.7 Å². The predicted molar refractivity (Wildman–Crippen MR) is 164 cm³/mol. The Labute approximate surface area is 256 Å². The highest BCUT2D eigenvalue weighted by molar-refractivity contribution is 7.86. The topological polar surface area (TPSA) is 79.0 Å². The molecule has 2 heterocycles. The minimum Gasteiger partial charge on any atom is -0.368 e. The van der Waals surface area contributed by atoms with E-state index in [1.54, 1.807) is 41.3 Å². The van der Waals surface area contributed by atoms with Crippen LogP contribution in [-0.2, 0) is 28.4 Å². The van der Waals surface area contributed by atoms with Crippen molar-refractivity contribution < 1.29 is 22.2 Å². The summed E-state index contributed by atoms with van der Waals surface area (Å²) in [4.78, 5) is 17.6. The van der Waals surface area contributed by atoms with E-state index in [4.69, 9.17) is 28.9 Å². The molecule has 0 spiro atoms. The molecule has 2 N–H and O–H groups in total. The third-order valence-corrected chi connectivity index (χ3v) is 8.64. The maximum atomic E-state index is 14.0. The van der Waals surface area contributed by atoms with Crippen molar-refractivity contribution in [1.82, 2.24) is 4.90 Å². The SMILES string of the molecule is CC(C)CC(N)c1cc(C(F)(F)F)ccc1N1CCN(C(=O)C(Cc2ccc(Cl)cc2Cl)C2=NS(=O)C=CC=C2)CC1. The Morgan fingerprint density at radius 2 is 1.79 bits per heavy atom. The van der Waals surface area contributed by atoms with Gasteiger partial charge in [-0.3, -0.25) is 4.79 Å². The molecule has 1 amide bonds. The van der Waals surface area contributed by atoms with Gasteiger partial charge in [0.15, 0.2) is 11.0 Å². The molecule has 2 aromatic carbocycles. The van der Waals surface area contributed by atoms with Crippen LogP contribution in [0.15, 0.2) is 64.4 Å². The van der Waals surface area contributed by atoms with Crippen LogP contribution >= 0.6 is 23.2 Å². The van der Waals surface area contributed by atoms with Gasteiger partial charge in [0.05, 0.1) is 17.2 Å². The number of hydrogen-bond acceptors (Lipinski definition) is 4. The Hall–Kier alpha value is -2.66. The first-order valence-electron chi connectivity index (χ1n) is 13.6. The zero-order chi connectivity index (χ0) is 30.6. The van der Waals surface area contributed by atoms with Crippen molar-refractivity contribution in [2.24, 2.45) is 22.0 Å². The molecule has 0 radical (unpaired) electrons. The Morgan fingerprint density at radius 1 is 1.07 bits per heavy atom. The fourth-order valence-corrected chi connectivity index (χ4v) is 6.34. The van der Waals surface area contributed by atoms with E-state index in [0.29, 0.717) is 65.2 Å². The second-order valence-electron chi connectivity index (χ2n) is 10.8. The van der Waals surface area contributed by atoms with Gasteiger partial charge in [0.25, 0.3) is 0 Å². The number of halogens is 5. The molecule has 2 aliphatic rings. The van der Waals surface area contributed by atoms with E-state index in [-0.39, 0.29) is 18.2 Å². The standard InChI is InChI=1S/C30H33Cl2F3N4O2S/c1-19(2)15-26(36)23-17-21(30(33,34)35)7-9-28(23)38-10-12-39(13-11-38)29(40)24(27-5-3-4-14-42(41)37-27)16-20-6-8-22(31)18-25(20)32/h3-9,14,17-19,24,26H,10-13,15-16,36H2,1-2H3. The lowest BCUT2D eigenvalue weighted by atomic mass is 9.92. The maximum Gasteiger partial charge on any atom is 0.416 e. The van der Waals surface area contributed by atoms with Crippen LogP contribution in [-0.4, -0.2) is 46.9 Å². The van der Waals surface area contributed by atoms with Gasteiger partial charge in [-0.2, -0.15) is 17.6 Å². The number of alkyl halides is 3. The minimum atomic E-state index is -4.48. The van der Waals surface area contributed by atoms with E-state index in [0.717, 1.165) is 12.1 Å². The van der Waals surface area contributed by atoms with Crippen molar-refractivity contribution >= 4 is 51.5 Å². The predicted octanol–water partition coefficient (Wildman–Crippen LogP) is 6.75. The number of nitrogens with two attached hydrogens (primary N) is 1. The lowest BCUT2D eigenvalue weighted by Crippen LogP contribution is -2.52. The van der Waals surface area contributed by atoms with Crippen LogP contribution in [0, 0.1) is 11.8 Å². The number of piperazine rings is 1. The maximum absolute atomic E-state index is 14.0. The quantitative estimate of drug-likeness (QED) is 0.346. The summed E-state index contributed by atoms with van der Waals surface area (Å²) in [7, 11) is -1.63. The van der Waals surface area contributed by atoms with Gasteiger partial charge in [-0.1, -0.05) is 55.3 Å². The molecule has 6 nitrogen and oxygen atoms in total. The van der Waals surface area contributed by atoms with Crippen molar-refractivity contribution in [3.63, 3.8) is 0 Å². The summed E-state index contributed by atoms with van der Waals surface area (Å²) in [5, 5.41) is 2.32. The molecule has 3 atom stereocenters. The van der Waals surface area contributed by atoms with Gasteiger partial charge < -0.3 is 15.5 Å². The van der Waals surface area contributed by atoms with E-state index >= 15 is 0 Å². The Bertz CT molecular complexity index is 1420. The average Bonchev–Trinajstić information content (AvgIpc) is 3.15. The number of amides is 1. The van der Waals surface area contributed by atoms with Gasteiger partial charge in [-0.05, 0) is 66.3 Å². The summed E-state index contributed by atoms with van der Waals surface area (Å²) in [5.74, 6) is -0.753. The zero-order valence-corrected chi connectivity index (χ0v) is 25.6. The van der Waals surface area contributed by atoms with E-state index in [9.17, 15) is 22.2 Å². The number of carbonyl (C=O) groups excluding carboxylic acids is 1. The molecule has 226 valence electrons. The molecule has 1 saturated heterocycles. The summed E-state index contributed by atoms with van der Waals surface area (Å²) >= 11 is 12.5. The Morgan fingerprint density at radius 3 is 2.43 bits per heavy atom. The average molecular weight is 642 g/mol. The van der Waals surface area contributed by atoms with Crippen LogP contribution in [0.2, 0.25) is 10.0 Å². The van der Waals surface area contributed by atoms with Gasteiger partial charge in [0, 0.05) is 53.4 Å². The van der Waals surface area contributed by atoms with Crippen molar-refractivity contribution in [3.05, 3.63) is 86.8 Å². The van der Waals surface area contributed by atoms with Crippen LogP contribution < -0.4 is 10.6 Å². The van der Waals surface area contributed by atoms with Crippen LogP contribution in [0.3, 0.4) is 0 Å². The van der Waals surface area contributed by atoms with Gasteiger partial charge in [-0.25, -0.2) is 4.21 Å². The van der Waals surface area contributed by atoms with Crippen LogP contribution in [0.1, 0.15) is 43.0 Å². The third kappa shape index (κ3) is 8.03. The first kappa shape index (κ1) is 32.3. The highest BCUT2D eigenvalue weighted by Gasteiger charge is 2.34. The summed E-state index contributed by atoms with van der Waals surface area (Å²) < 4.78 is 57.2. The molecule has 2 aromatic rings. The van der Waals surface area contributed by atoms with Crippen molar-refractivity contribution in [3.8, 4) is 0 Å². The molecule has 0 aliphatic carbocycles. The highest BCUT2D eigenvalue weighted by atomic mass is 35.5. The second-order valence-corrected chi connectivity index (χ2v) is 12.6. The van der Waals surface area contributed by atoms with E-state index in [1.807, 2.05) is 18.7 Å². The molecule has 0 saturated carbocycles. The van der Waals surface area contributed by atoms with Crippen LogP contribution in [0.5, 0.6) is 0 Å². The monoisotopic (exact) mass is 640 g/mol. The number of nitrogens with zero attached hydrogens (tertiary/aromatic N) is 3. The number of benzene rings is 2. The van der Waals surface area contributed by atoms with Crippen molar-refractivity contribution in [2.75, 3.05) is 31.1 Å². The minimum absolute atomic E-state index is 0.202. The lowest BCUT2D eigenvalue weighted by Gasteiger charge is -2.39. The van der Waals surface area contributed by atoms with Crippen molar-refractivity contribution in [1.29, 1.82) is 0 Å². The molecule has 4 rings (SSSR count). The molecule has 2 aliphatic heterocycles. The van der Waals surface area contributed by atoms with Gasteiger partial charge in [0.1, 0.15) is 0 Å². The molecule has 3 unspecified atom stereocenters. The second kappa shape index (κ2) is 13.8. The molecule has 1 fully saturated rings. The molecular weight excluding hydrogens is 608 g/mol. The number of hydrogen-bond donors (Lipinski definition) is 1. The highest BCUT2D eigenvalue weighted by Crippen LogP contribution is 2.37. The smallest absolute Gasteiger partial charge is 0.368 e. The molecule has 12 heteroatoms. The number of anilines is 1. The zero-order valence-electron chi connectivity index (χ0n) is 23.3. The lowest BCUT2D eigenvalue weighted by molar-refractivity contribution is -0.137. The van der Waals surface area contributed by atoms with E-state index in [1.165, 1.54) is 11.5 Å². The Kier molecular flexibility index (Phi) is 10.6. The van der Waals surface area contributed by atoms with Gasteiger partial charge in [0.2, 0.25) is 5.91 Å². The van der Waals surface area contributed by atoms with Crippen molar-refractivity contribution in [2.45, 2.75) is 38.9 Å². The normalized spacial score (nSPS) is 19.1. The van der Waals surface area contributed by atoms with Gasteiger partial charge in [-0.15, -0.1) is 0 Å². The third-order valence-electron chi connectivity index (χ3n) is 7.27. The summed E-state index contributed by atoms with van der Waals surface area (Å²) in [6, 6.07) is 8.20. The first-order valence-corrected chi connectivity index (χ1v) is 15.5. The molecule has 42 heavy (non-hydrogen) atoms. The van der Waals surface area contributed by atoms with Crippen LogP contribution in [0.4, 0.5) is 18.9 Å². The Balaban J connectivity index is 1.57. The summed E-state index contributed by atoms with van der Waals surface area (Å²) in [6.45, 7) is 5.43. The van der Waals surface area contributed by atoms with Crippen LogP contribution in [0.25, 0.3) is 0 Å². The largest absolute Gasteiger partial charge is 0.416 e. The fraction of sp³-hybridized carbons (Fsp3) is 0.400. The fourth-order valence-electron chi connectivity index (χ4n) is 5.18. The molecular formula is C30H33Cl2F3N4O2S. The van der Waals surface area contributed by atoms with E-state index in [2.05, 4.69) is 4.40 Å². The summed E-state index contributed by atoms with van der Waals surface area (Å²) in [6.07, 6.45) is 1.27. The number of carbonyl (C=O) groups is 1. The number of rotatable bonds is 8. The molecule has 0 aromatic heterocycles. The first-order chi connectivity index (χ1) is 19.8. The van der Waals surface area contributed by atoms with Gasteiger partial charge >= 0.3 is 6.18 Å². The summed E-state index contributed by atoms with van der Waals surface area (Å²) in [5.41, 5.74) is 7.84. The molecule has 0 bridgehead atoms. The number of allylic oxidation sites excluding steroid dienone is 3.